The first-order valence-electron chi connectivity index (χ1n) is 6.11. The molecule has 22 heavy (non-hydrogen) atoms. The Bertz CT molecular complexity index is 759. The highest BCUT2D eigenvalue weighted by molar-refractivity contribution is 7.71. The zero-order valence-electron chi connectivity index (χ0n) is 12.2. The number of nitrogens with zero attached hydrogens (tertiary/aromatic N) is 3. The SMILES string of the molecule is COc1cc(/C=N\n2c(=O)cn[nH]c2=S)cc(OC)c1OC. The van der Waals surface area contributed by atoms with E-state index in [0.717, 1.165) is 10.9 Å². The lowest BCUT2D eigenvalue weighted by Crippen LogP contribution is -2.18. The average molecular weight is 322 g/mol. The van der Waals surface area contributed by atoms with Gasteiger partial charge in [0.15, 0.2) is 11.5 Å². The van der Waals surface area contributed by atoms with Crippen LogP contribution in [-0.4, -0.2) is 42.4 Å². The van der Waals surface area contributed by atoms with Crippen LogP contribution in [0.3, 0.4) is 0 Å². The lowest BCUT2D eigenvalue weighted by Gasteiger charge is -2.12. The van der Waals surface area contributed by atoms with Gasteiger partial charge in [-0.3, -0.25) is 9.89 Å². The summed E-state index contributed by atoms with van der Waals surface area (Å²) < 4.78 is 16.8. The van der Waals surface area contributed by atoms with Gasteiger partial charge in [-0.05, 0) is 24.4 Å². The van der Waals surface area contributed by atoms with Crippen LogP contribution in [0.4, 0.5) is 0 Å². The first-order chi connectivity index (χ1) is 10.6. The summed E-state index contributed by atoms with van der Waals surface area (Å²) in [6, 6.07) is 3.40. The molecule has 0 fully saturated rings. The topological polar surface area (TPSA) is 90.7 Å². The first kappa shape index (κ1) is 15.7. The maximum atomic E-state index is 11.6. The second kappa shape index (κ2) is 6.85. The Morgan fingerprint density at radius 1 is 1.23 bits per heavy atom. The van der Waals surface area contributed by atoms with Crippen molar-refractivity contribution < 1.29 is 14.2 Å². The number of aromatic nitrogens is 3. The Kier molecular flexibility index (Phi) is 4.89. The monoisotopic (exact) mass is 322 g/mol. The van der Waals surface area contributed by atoms with Gasteiger partial charge < -0.3 is 14.2 Å². The number of rotatable bonds is 5. The summed E-state index contributed by atoms with van der Waals surface area (Å²) in [7, 11) is 4.55. The van der Waals surface area contributed by atoms with E-state index in [1.165, 1.54) is 27.5 Å². The highest BCUT2D eigenvalue weighted by Gasteiger charge is 2.12. The summed E-state index contributed by atoms with van der Waals surface area (Å²) in [5.74, 6) is 1.44. The van der Waals surface area contributed by atoms with Crippen LogP contribution in [0.1, 0.15) is 5.56 Å². The summed E-state index contributed by atoms with van der Waals surface area (Å²) in [6.45, 7) is 0. The molecule has 0 spiro atoms. The van der Waals surface area contributed by atoms with Crippen LogP contribution in [0.15, 0.2) is 28.2 Å². The minimum absolute atomic E-state index is 0.0937. The molecule has 0 aliphatic rings. The summed E-state index contributed by atoms with van der Waals surface area (Å²) in [4.78, 5) is 11.6. The maximum Gasteiger partial charge on any atom is 0.293 e. The molecule has 0 amide bonds. The average Bonchev–Trinajstić information content (AvgIpc) is 2.53. The molecular weight excluding hydrogens is 308 g/mol. The Labute approximate surface area is 131 Å². The zero-order valence-corrected chi connectivity index (χ0v) is 13.0. The van der Waals surface area contributed by atoms with Gasteiger partial charge >= 0.3 is 0 Å². The van der Waals surface area contributed by atoms with Crippen LogP contribution in [-0.2, 0) is 0 Å². The van der Waals surface area contributed by atoms with Gasteiger partial charge in [-0.2, -0.15) is 14.9 Å². The summed E-state index contributed by atoms with van der Waals surface area (Å²) in [6.07, 6.45) is 2.54. The summed E-state index contributed by atoms with van der Waals surface area (Å²) >= 11 is 4.95. The molecule has 0 saturated heterocycles. The predicted octanol–water partition coefficient (Wildman–Crippen LogP) is 1.21. The van der Waals surface area contributed by atoms with Gasteiger partial charge in [0.25, 0.3) is 5.56 Å². The first-order valence-corrected chi connectivity index (χ1v) is 6.52. The fraction of sp³-hybridized carbons (Fsp3) is 0.231. The molecule has 0 unspecified atom stereocenters. The number of benzene rings is 1. The van der Waals surface area contributed by atoms with Crippen molar-refractivity contribution in [1.29, 1.82) is 0 Å². The fourth-order valence-corrected chi connectivity index (χ4v) is 1.94. The molecule has 116 valence electrons. The highest BCUT2D eigenvalue weighted by Crippen LogP contribution is 2.37. The van der Waals surface area contributed by atoms with Crippen LogP contribution in [0.2, 0.25) is 0 Å². The number of nitrogens with one attached hydrogen (secondary N) is 1. The van der Waals surface area contributed by atoms with E-state index in [1.54, 1.807) is 12.1 Å². The van der Waals surface area contributed by atoms with E-state index in [9.17, 15) is 4.79 Å². The standard InChI is InChI=1S/C13H14N4O4S/c1-19-9-4-8(5-10(20-2)12(9)21-3)6-15-17-11(18)7-14-16-13(17)22/h4-7H,1-3H3,(H,16,22)/b15-6-. The van der Waals surface area contributed by atoms with Crippen LogP contribution < -0.4 is 19.8 Å². The van der Waals surface area contributed by atoms with E-state index in [0.29, 0.717) is 22.8 Å². The van der Waals surface area contributed by atoms with E-state index in [2.05, 4.69) is 15.3 Å². The molecule has 2 rings (SSSR count). The minimum Gasteiger partial charge on any atom is -0.493 e. The minimum atomic E-state index is -0.438. The summed E-state index contributed by atoms with van der Waals surface area (Å²) in [5.41, 5.74) is 0.208. The predicted molar refractivity (Wildman–Crippen MR) is 82.8 cm³/mol. The van der Waals surface area contributed by atoms with Crippen LogP contribution in [0, 0.1) is 4.77 Å². The van der Waals surface area contributed by atoms with Crippen LogP contribution in [0.25, 0.3) is 0 Å². The molecule has 0 aliphatic carbocycles. The third kappa shape index (κ3) is 3.14. The van der Waals surface area contributed by atoms with E-state index in [4.69, 9.17) is 26.4 Å². The van der Waals surface area contributed by atoms with Crippen molar-refractivity contribution in [2.45, 2.75) is 0 Å². The normalized spacial score (nSPS) is 10.7. The second-order valence-electron chi connectivity index (χ2n) is 4.03. The van der Waals surface area contributed by atoms with Gasteiger partial charge in [0.05, 0.1) is 27.5 Å². The number of H-pyrrole nitrogens is 1. The third-order valence-corrected chi connectivity index (χ3v) is 3.01. The van der Waals surface area contributed by atoms with Gasteiger partial charge in [-0.25, -0.2) is 0 Å². The Morgan fingerprint density at radius 3 is 2.36 bits per heavy atom. The Hall–Kier alpha value is -2.68. The largest absolute Gasteiger partial charge is 0.493 e. The molecule has 0 aliphatic heterocycles. The molecule has 9 heteroatoms. The molecule has 1 aromatic heterocycles. The molecule has 1 aromatic carbocycles. The Morgan fingerprint density at radius 2 is 1.86 bits per heavy atom. The van der Waals surface area contributed by atoms with Crippen molar-refractivity contribution in [2.75, 3.05) is 21.3 Å². The zero-order chi connectivity index (χ0) is 16.1. The van der Waals surface area contributed by atoms with Crippen molar-refractivity contribution in [3.63, 3.8) is 0 Å². The third-order valence-electron chi connectivity index (χ3n) is 2.75. The molecule has 1 N–H and O–H groups in total. The summed E-state index contributed by atoms with van der Waals surface area (Å²) in [5, 5.41) is 10.1. The molecule has 0 atom stereocenters. The van der Waals surface area contributed by atoms with Gasteiger partial charge in [-0.1, -0.05) is 0 Å². The Balaban J connectivity index is 2.48. The van der Waals surface area contributed by atoms with Gasteiger partial charge in [-0.15, -0.1) is 0 Å². The van der Waals surface area contributed by atoms with Crippen LogP contribution >= 0.6 is 12.2 Å². The molecule has 2 aromatic rings. The molecule has 1 heterocycles. The van der Waals surface area contributed by atoms with E-state index in [-0.39, 0.29) is 4.77 Å². The fourth-order valence-electron chi connectivity index (χ4n) is 1.75. The molecule has 8 nitrogen and oxygen atoms in total. The number of aromatic amines is 1. The number of ether oxygens (including phenoxy) is 3. The van der Waals surface area contributed by atoms with Gasteiger partial charge in [0.2, 0.25) is 10.5 Å². The van der Waals surface area contributed by atoms with Crippen molar-refractivity contribution in [1.82, 2.24) is 14.9 Å². The quantitative estimate of drug-likeness (QED) is 0.657. The van der Waals surface area contributed by atoms with Crippen molar-refractivity contribution in [2.24, 2.45) is 5.10 Å². The van der Waals surface area contributed by atoms with E-state index in [1.807, 2.05) is 0 Å². The smallest absolute Gasteiger partial charge is 0.293 e. The maximum absolute atomic E-state index is 11.6. The van der Waals surface area contributed by atoms with Crippen molar-refractivity contribution >= 4 is 18.4 Å². The number of hydrogen-bond acceptors (Lipinski definition) is 7. The highest BCUT2D eigenvalue weighted by atomic mass is 32.1. The molecule has 0 bridgehead atoms. The lowest BCUT2D eigenvalue weighted by molar-refractivity contribution is 0.324. The van der Waals surface area contributed by atoms with Gasteiger partial charge in [0.1, 0.15) is 6.20 Å². The molecular formula is C13H14N4O4S. The number of methoxy groups -OCH3 is 3. The van der Waals surface area contributed by atoms with E-state index < -0.39 is 5.56 Å². The van der Waals surface area contributed by atoms with Crippen molar-refractivity contribution in [3.05, 3.63) is 39.0 Å². The molecule has 0 radical (unpaired) electrons. The van der Waals surface area contributed by atoms with E-state index >= 15 is 0 Å². The van der Waals surface area contributed by atoms with Crippen LogP contribution in [0.5, 0.6) is 17.2 Å². The van der Waals surface area contributed by atoms with Gasteiger partial charge in [0, 0.05) is 5.56 Å². The number of hydrogen-bond donors (Lipinski definition) is 1. The molecule has 0 saturated carbocycles. The lowest BCUT2D eigenvalue weighted by atomic mass is 10.2. The van der Waals surface area contributed by atoms with Crippen molar-refractivity contribution in [3.8, 4) is 17.2 Å². The second-order valence-corrected chi connectivity index (χ2v) is 4.42.